The van der Waals surface area contributed by atoms with Crippen LogP contribution >= 0.6 is 0 Å². The molecule has 3 aromatic rings. The van der Waals surface area contributed by atoms with E-state index in [0.717, 1.165) is 39.9 Å². The second kappa shape index (κ2) is 8.57. The molecule has 1 amide bonds. The molecule has 0 unspecified atom stereocenters. The van der Waals surface area contributed by atoms with Gasteiger partial charge in [-0.15, -0.1) is 0 Å². The number of carbonyl (C=O) groups excluding carboxylic acids is 1. The minimum atomic E-state index is -0.104. The van der Waals surface area contributed by atoms with Crippen molar-refractivity contribution in [1.82, 2.24) is 10.3 Å². The third-order valence-electron chi connectivity index (χ3n) is 5.41. The fraction of sp³-hybridized carbons (Fsp3) is 0.348. The van der Waals surface area contributed by atoms with Crippen molar-refractivity contribution in [1.29, 1.82) is 0 Å². The molecule has 4 rings (SSSR count). The molecule has 6 nitrogen and oxygen atoms in total. The topological polar surface area (TPSA) is 72.6 Å². The zero-order valence-corrected chi connectivity index (χ0v) is 16.8. The van der Waals surface area contributed by atoms with Crippen molar-refractivity contribution in [2.24, 2.45) is 0 Å². The molecule has 2 aromatic carbocycles. The van der Waals surface area contributed by atoms with Gasteiger partial charge in [0.25, 0.3) is 0 Å². The van der Waals surface area contributed by atoms with Gasteiger partial charge in [0, 0.05) is 43.1 Å². The van der Waals surface area contributed by atoms with Gasteiger partial charge in [-0.25, -0.2) is 0 Å². The average Bonchev–Trinajstić information content (AvgIpc) is 3.38. The van der Waals surface area contributed by atoms with Crippen LogP contribution in [0.2, 0.25) is 0 Å². The minimum absolute atomic E-state index is 0.00860. The third kappa shape index (κ3) is 3.93. The number of aromatic nitrogens is 1. The number of amides is 1. The average molecular weight is 394 g/mol. The number of para-hydroxylation sites is 1. The molecule has 1 aliphatic heterocycles. The largest absolute Gasteiger partial charge is 0.454 e. The molecule has 0 spiro atoms. The molecule has 0 fully saturated rings. The van der Waals surface area contributed by atoms with Gasteiger partial charge in [0.05, 0.1) is 6.61 Å². The SMILES string of the molecule is CCc1cccc2c([C@H](CC(=O)NCCOC)c3ccc4c(c3)OCO4)c[nH]c12. The summed E-state index contributed by atoms with van der Waals surface area (Å²) in [6.07, 6.45) is 3.32. The molecule has 2 heterocycles. The van der Waals surface area contributed by atoms with Crippen LogP contribution in [0.3, 0.4) is 0 Å². The van der Waals surface area contributed by atoms with Gasteiger partial charge in [-0.1, -0.05) is 31.2 Å². The Balaban J connectivity index is 1.71. The minimum Gasteiger partial charge on any atom is -0.454 e. The predicted octanol–water partition coefficient (Wildman–Crippen LogP) is 3.74. The van der Waals surface area contributed by atoms with Gasteiger partial charge >= 0.3 is 0 Å². The highest BCUT2D eigenvalue weighted by atomic mass is 16.7. The van der Waals surface area contributed by atoms with Crippen molar-refractivity contribution in [2.45, 2.75) is 25.7 Å². The van der Waals surface area contributed by atoms with Crippen LogP contribution in [-0.2, 0) is 16.0 Å². The van der Waals surface area contributed by atoms with Gasteiger partial charge < -0.3 is 24.5 Å². The van der Waals surface area contributed by atoms with Crippen molar-refractivity contribution >= 4 is 16.8 Å². The van der Waals surface area contributed by atoms with E-state index in [4.69, 9.17) is 14.2 Å². The highest BCUT2D eigenvalue weighted by molar-refractivity contribution is 5.88. The number of H-pyrrole nitrogens is 1. The molecule has 1 aliphatic rings. The molecule has 29 heavy (non-hydrogen) atoms. The summed E-state index contributed by atoms with van der Waals surface area (Å²) >= 11 is 0. The normalized spacial score (nSPS) is 13.6. The lowest BCUT2D eigenvalue weighted by atomic mass is 9.87. The monoisotopic (exact) mass is 394 g/mol. The third-order valence-corrected chi connectivity index (χ3v) is 5.41. The number of nitrogens with one attached hydrogen (secondary N) is 2. The van der Waals surface area contributed by atoms with Crippen LogP contribution < -0.4 is 14.8 Å². The van der Waals surface area contributed by atoms with E-state index >= 15 is 0 Å². The van der Waals surface area contributed by atoms with Gasteiger partial charge in [0.2, 0.25) is 12.7 Å². The lowest BCUT2D eigenvalue weighted by Gasteiger charge is -2.18. The molecule has 0 saturated heterocycles. The Morgan fingerprint density at radius 1 is 1.24 bits per heavy atom. The molecule has 1 aromatic heterocycles. The van der Waals surface area contributed by atoms with E-state index < -0.39 is 0 Å². The summed E-state index contributed by atoms with van der Waals surface area (Å²) in [5.41, 5.74) is 4.54. The summed E-state index contributed by atoms with van der Waals surface area (Å²) in [7, 11) is 1.62. The molecule has 1 atom stereocenters. The molecule has 6 heteroatoms. The van der Waals surface area contributed by atoms with E-state index in [-0.39, 0.29) is 18.6 Å². The van der Waals surface area contributed by atoms with Crippen LogP contribution in [0.5, 0.6) is 11.5 Å². The van der Waals surface area contributed by atoms with Crippen molar-refractivity contribution in [3.05, 3.63) is 59.3 Å². The molecule has 0 radical (unpaired) electrons. The van der Waals surface area contributed by atoms with Crippen LogP contribution in [0.1, 0.15) is 36.0 Å². The number of aryl methyl sites for hydroxylation is 1. The van der Waals surface area contributed by atoms with Crippen molar-refractivity contribution in [2.75, 3.05) is 27.1 Å². The maximum atomic E-state index is 12.7. The quantitative estimate of drug-likeness (QED) is 0.571. The van der Waals surface area contributed by atoms with Crippen molar-refractivity contribution < 1.29 is 19.0 Å². The van der Waals surface area contributed by atoms with E-state index in [0.29, 0.717) is 19.6 Å². The van der Waals surface area contributed by atoms with Crippen LogP contribution in [0.15, 0.2) is 42.6 Å². The number of hydrogen-bond donors (Lipinski definition) is 2. The second-order valence-corrected chi connectivity index (χ2v) is 7.15. The zero-order valence-electron chi connectivity index (χ0n) is 16.8. The number of hydrogen-bond acceptors (Lipinski definition) is 4. The number of aromatic amines is 1. The van der Waals surface area contributed by atoms with Gasteiger partial charge in [0.15, 0.2) is 11.5 Å². The molecule has 0 aliphatic carbocycles. The zero-order chi connectivity index (χ0) is 20.2. The number of ether oxygens (including phenoxy) is 3. The van der Waals surface area contributed by atoms with E-state index in [1.54, 1.807) is 7.11 Å². The summed E-state index contributed by atoms with van der Waals surface area (Å²) in [5.74, 6) is 1.35. The fourth-order valence-corrected chi connectivity index (χ4v) is 3.91. The lowest BCUT2D eigenvalue weighted by molar-refractivity contribution is -0.121. The molecule has 152 valence electrons. The van der Waals surface area contributed by atoms with Crippen LogP contribution in [0.25, 0.3) is 10.9 Å². The lowest BCUT2D eigenvalue weighted by Crippen LogP contribution is -2.28. The number of methoxy groups -OCH3 is 1. The number of rotatable bonds is 8. The summed E-state index contributed by atoms with van der Waals surface area (Å²) in [6.45, 7) is 3.37. The fourth-order valence-electron chi connectivity index (χ4n) is 3.91. The first-order valence-corrected chi connectivity index (χ1v) is 9.95. The van der Waals surface area contributed by atoms with Crippen molar-refractivity contribution in [3.63, 3.8) is 0 Å². The Morgan fingerprint density at radius 2 is 2.10 bits per heavy atom. The number of carbonyl (C=O) groups is 1. The Labute approximate surface area is 170 Å². The Kier molecular flexibility index (Phi) is 5.71. The summed E-state index contributed by atoms with van der Waals surface area (Å²) in [6, 6.07) is 12.2. The van der Waals surface area contributed by atoms with E-state index in [1.165, 1.54) is 5.56 Å². The Hall–Kier alpha value is -2.99. The van der Waals surface area contributed by atoms with E-state index in [1.807, 2.05) is 24.4 Å². The van der Waals surface area contributed by atoms with Gasteiger partial charge in [-0.3, -0.25) is 4.79 Å². The van der Waals surface area contributed by atoms with Gasteiger partial charge in [-0.05, 0) is 35.2 Å². The summed E-state index contributed by atoms with van der Waals surface area (Å²) in [4.78, 5) is 16.1. The van der Waals surface area contributed by atoms with Crippen LogP contribution in [0, 0.1) is 0 Å². The highest BCUT2D eigenvalue weighted by Gasteiger charge is 2.24. The molecular weight excluding hydrogens is 368 g/mol. The standard InChI is InChI=1S/C23H26N2O4/c1-3-15-5-4-6-17-19(13-25-23(15)17)18(12-22(26)24-9-10-27-2)16-7-8-20-21(11-16)29-14-28-20/h4-8,11,13,18,25H,3,9-10,12,14H2,1-2H3,(H,24,26)/t18-/m1/s1. The summed E-state index contributed by atoms with van der Waals surface area (Å²) < 4.78 is 16.1. The smallest absolute Gasteiger partial charge is 0.231 e. The first-order valence-electron chi connectivity index (χ1n) is 9.95. The first kappa shape index (κ1) is 19.3. The molecule has 0 saturated carbocycles. The number of fused-ring (bicyclic) bond motifs is 2. The molecular formula is C23H26N2O4. The first-order chi connectivity index (χ1) is 14.2. The van der Waals surface area contributed by atoms with Crippen LogP contribution in [-0.4, -0.2) is 37.9 Å². The van der Waals surface area contributed by atoms with Gasteiger partial charge in [0.1, 0.15) is 0 Å². The Morgan fingerprint density at radius 3 is 2.93 bits per heavy atom. The number of benzene rings is 2. The maximum Gasteiger partial charge on any atom is 0.231 e. The van der Waals surface area contributed by atoms with E-state index in [2.05, 4.69) is 35.4 Å². The second-order valence-electron chi connectivity index (χ2n) is 7.15. The Bertz CT molecular complexity index is 1010. The molecule has 2 N–H and O–H groups in total. The predicted molar refractivity (Wildman–Crippen MR) is 112 cm³/mol. The van der Waals surface area contributed by atoms with E-state index in [9.17, 15) is 4.79 Å². The van der Waals surface area contributed by atoms with Crippen molar-refractivity contribution in [3.8, 4) is 11.5 Å². The highest BCUT2D eigenvalue weighted by Crippen LogP contribution is 2.39. The summed E-state index contributed by atoms with van der Waals surface area (Å²) in [5, 5.41) is 4.09. The maximum absolute atomic E-state index is 12.7. The van der Waals surface area contributed by atoms with Gasteiger partial charge in [-0.2, -0.15) is 0 Å². The molecule has 0 bridgehead atoms. The van der Waals surface area contributed by atoms with Crippen LogP contribution in [0.4, 0.5) is 0 Å².